The molecule has 1 saturated heterocycles. The van der Waals surface area contributed by atoms with Crippen molar-refractivity contribution in [2.75, 3.05) is 36.9 Å². The lowest BCUT2D eigenvalue weighted by molar-refractivity contribution is -0.116. The van der Waals surface area contributed by atoms with E-state index in [0.717, 1.165) is 31.6 Å². The van der Waals surface area contributed by atoms with Crippen LogP contribution in [0.5, 0.6) is 0 Å². The summed E-state index contributed by atoms with van der Waals surface area (Å²) < 4.78 is 29.3. The number of hydrogen-bond donors (Lipinski definition) is 1. The van der Waals surface area contributed by atoms with Crippen LogP contribution in [0.4, 0.5) is 11.4 Å². The van der Waals surface area contributed by atoms with E-state index >= 15 is 0 Å². The SMILES string of the molecule is Cc1cccc(C)c1S(=O)(=O)N(C)CCC(=O)Nc1ccc(N2CCC(c3cn(C)cn3)CC2)cc1. The molecule has 3 aromatic rings. The fourth-order valence-electron chi connectivity index (χ4n) is 4.80. The zero-order valence-electron chi connectivity index (χ0n) is 21.4. The van der Waals surface area contributed by atoms with Crippen LogP contribution in [-0.4, -0.2) is 54.9 Å². The molecule has 0 radical (unpaired) electrons. The van der Waals surface area contributed by atoms with Gasteiger partial charge in [0.15, 0.2) is 0 Å². The molecule has 1 N–H and O–H groups in total. The number of imidazole rings is 1. The average molecular weight is 510 g/mol. The smallest absolute Gasteiger partial charge is 0.243 e. The van der Waals surface area contributed by atoms with E-state index in [9.17, 15) is 13.2 Å². The highest BCUT2D eigenvalue weighted by Crippen LogP contribution is 2.30. The van der Waals surface area contributed by atoms with Crippen molar-refractivity contribution in [3.05, 3.63) is 71.8 Å². The molecule has 1 aliphatic rings. The van der Waals surface area contributed by atoms with Gasteiger partial charge in [0.05, 0.1) is 16.9 Å². The van der Waals surface area contributed by atoms with E-state index in [1.165, 1.54) is 17.0 Å². The number of aryl methyl sites for hydroxylation is 3. The highest BCUT2D eigenvalue weighted by Gasteiger charge is 2.25. The van der Waals surface area contributed by atoms with Crippen LogP contribution in [0.15, 0.2) is 59.9 Å². The number of amides is 1. The molecule has 0 aliphatic carbocycles. The largest absolute Gasteiger partial charge is 0.371 e. The molecule has 0 saturated carbocycles. The van der Waals surface area contributed by atoms with Crippen molar-refractivity contribution in [3.8, 4) is 0 Å². The van der Waals surface area contributed by atoms with E-state index in [1.54, 1.807) is 26.0 Å². The van der Waals surface area contributed by atoms with E-state index in [1.807, 2.05) is 48.3 Å². The molecule has 36 heavy (non-hydrogen) atoms. The second-order valence-corrected chi connectivity index (χ2v) is 11.6. The number of anilines is 2. The minimum absolute atomic E-state index is 0.0729. The van der Waals surface area contributed by atoms with Crippen molar-refractivity contribution >= 4 is 27.3 Å². The molecule has 0 bridgehead atoms. The van der Waals surface area contributed by atoms with E-state index < -0.39 is 10.0 Å². The first-order valence-corrected chi connectivity index (χ1v) is 13.7. The van der Waals surface area contributed by atoms with Crippen molar-refractivity contribution in [3.63, 3.8) is 0 Å². The maximum atomic E-state index is 13.0. The molecule has 4 rings (SSSR count). The summed E-state index contributed by atoms with van der Waals surface area (Å²) in [5.41, 5.74) is 4.40. The minimum atomic E-state index is -3.66. The van der Waals surface area contributed by atoms with Gasteiger partial charge in [-0.1, -0.05) is 18.2 Å². The van der Waals surface area contributed by atoms with E-state index in [2.05, 4.69) is 21.4 Å². The monoisotopic (exact) mass is 509 g/mol. The topological polar surface area (TPSA) is 87.5 Å². The molecule has 2 heterocycles. The van der Waals surface area contributed by atoms with Gasteiger partial charge in [-0.25, -0.2) is 17.7 Å². The first-order valence-electron chi connectivity index (χ1n) is 12.3. The average Bonchev–Trinajstić information content (AvgIpc) is 3.29. The third-order valence-corrected chi connectivity index (χ3v) is 9.05. The van der Waals surface area contributed by atoms with Crippen LogP contribution in [0.1, 0.15) is 42.0 Å². The summed E-state index contributed by atoms with van der Waals surface area (Å²) in [5.74, 6) is 0.278. The quantitative estimate of drug-likeness (QED) is 0.495. The Hall–Kier alpha value is -3.17. The lowest BCUT2D eigenvalue weighted by atomic mass is 9.94. The summed E-state index contributed by atoms with van der Waals surface area (Å²) in [7, 11) is -0.152. The zero-order chi connectivity index (χ0) is 25.9. The number of piperidine rings is 1. The molecular formula is C27H35N5O3S. The molecule has 9 heteroatoms. The summed E-state index contributed by atoms with van der Waals surface area (Å²) in [4.78, 5) is 19.7. The molecule has 8 nitrogen and oxygen atoms in total. The number of carbonyl (C=O) groups is 1. The molecule has 1 amide bonds. The number of rotatable bonds is 8. The summed E-state index contributed by atoms with van der Waals surface area (Å²) in [6.07, 6.45) is 6.16. The Balaban J connectivity index is 1.28. The predicted octanol–water partition coefficient (Wildman–Crippen LogP) is 4.07. The first kappa shape index (κ1) is 25.9. The summed E-state index contributed by atoms with van der Waals surface area (Å²) in [6.45, 7) is 5.60. The van der Waals surface area contributed by atoms with Gasteiger partial charge in [-0.3, -0.25) is 4.79 Å². The number of carbonyl (C=O) groups excluding carboxylic acids is 1. The van der Waals surface area contributed by atoms with Crippen molar-refractivity contribution in [1.82, 2.24) is 13.9 Å². The highest BCUT2D eigenvalue weighted by atomic mass is 32.2. The number of hydrogen-bond acceptors (Lipinski definition) is 5. The lowest BCUT2D eigenvalue weighted by Gasteiger charge is -2.33. The number of benzene rings is 2. The van der Waals surface area contributed by atoms with Crippen LogP contribution in [0.25, 0.3) is 0 Å². The maximum absolute atomic E-state index is 13.0. The Morgan fingerprint density at radius 2 is 1.72 bits per heavy atom. The Bertz CT molecular complexity index is 1290. The van der Waals surface area contributed by atoms with Crippen LogP contribution in [-0.2, 0) is 21.9 Å². The van der Waals surface area contributed by atoms with E-state index in [0.29, 0.717) is 27.6 Å². The van der Waals surface area contributed by atoms with Crippen molar-refractivity contribution in [1.29, 1.82) is 0 Å². The van der Waals surface area contributed by atoms with Crippen molar-refractivity contribution in [2.24, 2.45) is 7.05 Å². The molecule has 2 aromatic carbocycles. The van der Waals surface area contributed by atoms with E-state index in [-0.39, 0.29) is 18.9 Å². The van der Waals surface area contributed by atoms with Crippen LogP contribution < -0.4 is 10.2 Å². The maximum Gasteiger partial charge on any atom is 0.243 e. The molecule has 0 unspecified atom stereocenters. The van der Waals surface area contributed by atoms with Gasteiger partial charge in [0.25, 0.3) is 0 Å². The third kappa shape index (κ3) is 5.79. The van der Waals surface area contributed by atoms with E-state index in [4.69, 9.17) is 0 Å². The fourth-order valence-corrected chi connectivity index (χ4v) is 6.39. The molecule has 0 spiro atoms. The molecule has 1 fully saturated rings. The number of aromatic nitrogens is 2. The molecule has 0 atom stereocenters. The predicted molar refractivity (Wildman–Crippen MR) is 143 cm³/mol. The van der Waals surface area contributed by atoms with Gasteiger partial charge in [0, 0.05) is 63.6 Å². The summed E-state index contributed by atoms with van der Waals surface area (Å²) in [5, 5.41) is 2.88. The van der Waals surface area contributed by atoms with Gasteiger partial charge in [-0.15, -0.1) is 0 Å². The molecular weight excluding hydrogens is 474 g/mol. The Kier molecular flexibility index (Phi) is 7.80. The molecule has 1 aromatic heterocycles. The van der Waals surface area contributed by atoms with Gasteiger partial charge in [-0.2, -0.15) is 0 Å². The number of nitrogens with zero attached hydrogens (tertiary/aromatic N) is 4. The molecule has 1 aliphatic heterocycles. The van der Waals surface area contributed by atoms with Crippen molar-refractivity contribution in [2.45, 2.75) is 43.9 Å². The number of nitrogens with one attached hydrogen (secondary N) is 1. The zero-order valence-corrected chi connectivity index (χ0v) is 22.3. The Morgan fingerprint density at radius 1 is 1.08 bits per heavy atom. The minimum Gasteiger partial charge on any atom is -0.371 e. The summed E-state index contributed by atoms with van der Waals surface area (Å²) >= 11 is 0. The van der Waals surface area contributed by atoms with Crippen molar-refractivity contribution < 1.29 is 13.2 Å². The van der Waals surface area contributed by atoms with Gasteiger partial charge in [-0.05, 0) is 62.1 Å². The molecule has 192 valence electrons. The van der Waals surface area contributed by atoms with Crippen LogP contribution in [0.2, 0.25) is 0 Å². The second-order valence-electron chi connectivity index (χ2n) is 9.62. The van der Waals surface area contributed by atoms with Gasteiger partial charge >= 0.3 is 0 Å². The lowest BCUT2D eigenvalue weighted by Crippen LogP contribution is -2.33. The van der Waals surface area contributed by atoms with Crippen LogP contribution >= 0.6 is 0 Å². The van der Waals surface area contributed by atoms with Gasteiger partial charge in [0.2, 0.25) is 15.9 Å². The normalized spacial score (nSPS) is 14.9. The Labute approximate surface area is 214 Å². The van der Waals surface area contributed by atoms with Gasteiger partial charge in [0.1, 0.15) is 0 Å². The van der Waals surface area contributed by atoms with Crippen LogP contribution in [0.3, 0.4) is 0 Å². The second kappa shape index (κ2) is 10.8. The third-order valence-electron chi connectivity index (χ3n) is 6.89. The van der Waals surface area contributed by atoms with Crippen LogP contribution in [0, 0.1) is 13.8 Å². The number of sulfonamides is 1. The summed E-state index contributed by atoms with van der Waals surface area (Å²) in [6, 6.07) is 13.2. The fraction of sp³-hybridized carbons (Fsp3) is 0.407. The standard InChI is InChI=1S/C27H35N5O3S/c1-20-6-5-7-21(2)27(20)36(34,35)31(4)15-14-26(33)29-23-8-10-24(11-9-23)32-16-12-22(13-17-32)25-18-30(3)19-28-25/h5-11,18-19,22H,12-17H2,1-4H3,(H,29,33). The Morgan fingerprint density at radius 3 is 2.31 bits per heavy atom. The van der Waals surface area contributed by atoms with Gasteiger partial charge < -0.3 is 14.8 Å². The first-order chi connectivity index (χ1) is 17.1. The highest BCUT2D eigenvalue weighted by molar-refractivity contribution is 7.89.